The van der Waals surface area contributed by atoms with E-state index in [9.17, 15) is 14.2 Å². The minimum absolute atomic E-state index is 0.175. The van der Waals surface area contributed by atoms with Gasteiger partial charge in [-0.1, -0.05) is 48.0 Å². The maximum Gasteiger partial charge on any atom is 0.223 e. The van der Waals surface area contributed by atoms with Crippen LogP contribution >= 0.6 is 7.80 Å². The Morgan fingerprint density at radius 3 is 2.08 bits per heavy atom. The maximum absolute atomic E-state index is 12.4. The lowest BCUT2D eigenvalue weighted by atomic mass is 10.0. The molecule has 1 fully saturated rings. The number of rotatable bonds is 8. The van der Waals surface area contributed by atoms with Gasteiger partial charge >= 0.3 is 0 Å². The lowest BCUT2D eigenvalue weighted by Crippen LogP contribution is -2.36. The summed E-state index contributed by atoms with van der Waals surface area (Å²) in [5, 5.41) is 0.622. The van der Waals surface area contributed by atoms with Crippen LogP contribution in [-0.4, -0.2) is 44.2 Å². The first-order chi connectivity index (χ1) is 17.8. The number of nitrogens with two attached hydrogens (primary N) is 1. The number of aryl methyl sites for hydroxylation is 3. The second-order valence-electron chi connectivity index (χ2n) is 9.26. The molecule has 1 aliphatic rings. The molecule has 4 rings (SSSR count). The fourth-order valence-electron chi connectivity index (χ4n) is 4.46. The number of nitrogens with zero attached hydrogens (tertiary/aromatic N) is 1. The van der Waals surface area contributed by atoms with Crippen molar-refractivity contribution in [3.8, 4) is 0 Å². The van der Waals surface area contributed by atoms with Crippen LogP contribution in [0.15, 0.2) is 66.7 Å². The third-order valence-electron chi connectivity index (χ3n) is 6.32. The van der Waals surface area contributed by atoms with Crippen molar-refractivity contribution < 1.29 is 18.9 Å². The summed E-state index contributed by atoms with van der Waals surface area (Å²) in [6.07, 6.45) is 1.29. The average Bonchev–Trinajstić information content (AvgIpc) is 2.92. The van der Waals surface area contributed by atoms with Crippen molar-refractivity contribution in [2.75, 3.05) is 37.7 Å². The molecule has 196 valence electrons. The number of Topliss-reactive ketones (excluding diaryl/α,β-unsaturated/α-hetero) is 1. The largest absolute Gasteiger partial charge is 0.378 e. The molecule has 0 spiro atoms. The van der Waals surface area contributed by atoms with E-state index in [1.54, 1.807) is 24.3 Å². The van der Waals surface area contributed by atoms with Crippen LogP contribution in [0.1, 0.15) is 50.2 Å². The van der Waals surface area contributed by atoms with Crippen LogP contribution in [0.4, 0.5) is 5.69 Å². The van der Waals surface area contributed by atoms with E-state index in [-0.39, 0.29) is 11.3 Å². The van der Waals surface area contributed by atoms with Gasteiger partial charge in [0.2, 0.25) is 5.52 Å². The summed E-state index contributed by atoms with van der Waals surface area (Å²) in [4.78, 5) is 26.5. The minimum atomic E-state index is -2.44. The first-order valence-electron chi connectivity index (χ1n) is 12.7. The first kappa shape index (κ1) is 28.5. The number of hydrogen-bond donors (Lipinski definition) is 1. The van der Waals surface area contributed by atoms with Gasteiger partial charge in [-0.25, -0.2) is 0 Å². The zero-order valence-corrected chi connectivity index (χ0v) is 23.0. The Bertz CT molecular complexity index is 1200. The molecule has 1 unspecified atom stereocenters. The van der Waals surface area contributed by atoms with E-state index in [0.717, 1.165) is 60.7 Å². The molecular weight excluding hydrogens is 483 g/mol. The molecule has 0 saturated carbocycles. The smallest absolute Gasteiger partial charge is 0.223 e. The van der Waals surface area contributed by atoms with Gasteiger partial charge in [0.1, 0.15) is 0 Å². The van der Waals surface area contributed by atoms with Crippen molar-refractivity contribution in [2.45, 2.75) is 33.6 Å². The van der Waals surface area contributed by atoms with Gasteiger partial charge < -0.3 is 19.9 Å². The van der Waals surface area contributed by atoms with Gasteiger partial charge in [-0.2, -0.15) is 0 Å². The highest BCUT2D eigenvalue weighted by Crippen LogP contribution is 2.30. The number of carbonyl (C=O) groups is 2. The van der Waals surface area contributed by atoms with Crippen LogP contribution in [0.25, 0.3) is 0 Å². The van der Waals surface area contributed by atoms with Crippen molar-refractivity contribution in [1.29, 1.82) is 0 Å². The van der Waals surface area contributed by atoms with E-state index in [1.807, 2.05) is 63.2 Å². The van der Waals surface area contributed by atoms with Crippen LogP contribution in [-0.2, 0) is 9.30 Å². The second-order valence-corrected chi connectivity index (χ2v) is 10.9. The normalized spacial score (nSPS) is 13.9. The fourth-order valence-corrected chi connectivity index (χ4v) is 5.84. The molecular formula is C30H37N2O4P. The summed E-state index contributed by atoms with van der Waals surface area (Å²) in [6, 6.07) is 20.7. The number of morpholine rings is 1. The number of ether oxygens (including phenoxy) is 1. The maximum atomic E-state index is 12.4. The van der Waals surface area contributed by atoms with Gasteiger partial charge in [0.25, 0.3) is 0 Å². The summed E-state index contributed by atoms with van der Waals surface area (Å²) in [5.74, 6) is 0.175. The van der Waals surface area contributed by atoms with E-state index in [2.05, 4.69) is 4.90 Å². The molecule has 7 heteroatoms. The predicted molar refractivity (Wildman–Crippen MR) is 152 cm³/mol. The molecule has 0 amide bonds. The van der Waals surface area contributed by atoms with Crippen LogP contribution in [0.3, 0.4) is 0 Å². The molecule has 0 aliphatic carbocycles. The summed E-state index contributed by atoms with van der Waals surface area (Å²) < 4.78 is 17.7. The van der Waals surface area contributed by atoms with E-state index in [4.69, 9.17) is 10.5 Å². The van der Waals surface area contributed by atoms with Crippen molar-refractivity contribution in [3.63, 3.8) is 0 Å². The summed E-state index contributed by atoms with van der Waals surface area (Å²) in [6.45, 7) is 9.74. The van der Waals surface area contributed by atoms with Gasteiger partial charge in [0, 0.05) is 41.6 Å². The van der Waals surface area contributed by atoms with Crippen LogP contribution < -0.4 is 15.9 Å². The van der Waals surface area contributed by atoms with Crippen LogP contribution in [0.2, 0.25) is 0 Å². The Balaban J connectivity index is 0.000000206. The molecule has 0 aromatic heterocycles. The molecule has 37 heavy (non-hydrogen) atoms. The highest BCUT2D eigenvalue weighted by Gasteiger charge is 2.20. The molecule has 3 aromatic carbocycles. The lowest BCUT2D eigenvalue weighted by Gasteiger charge is -2.28. The molecule has 0 bridgehead atoms. The van der Waals surface area contributed by atoms with Gasteiger partial charge in [0.05, 0.1) is 13.2 Å². The van der Waals surface area contributed by atoms with E-state index in [0.29, 0.717) is 23.8 Å². The monoisotopic (exact) mass is 520 g/mol. The van der Waals surface area contributed by atoms with Crippen molar-refractivity contribution in [3.05, 3.63) is 94.5 Å². The predicted octanol–water partition coefficient (Wildman–Crippen LogP) is 5.08. The molecule has 6 nitrogen and oxygen atoms in total. The molecule has 1 heterocycles. The summed E-state index contributed by atoms with van der Waals surface area (Å²) in [7, 11) is -2.44. The molecule has 1 aliphatic heterocycles. The van der Waals surface area contributed by atoms with Gasteiger partial charge in [-0.3, -0.25) is 9.59 Å². The number of benzene rings is 3. The van der Waals surface area contributed by atoms with E-state index in [1.165, 1.54) is 0 Å². The Kier molecular flexibility index (Phi) is 10.8. The number of anilines is 1. The average molecular weight is 521 g/mol. The Morgan fingerprint density at radius 1 is 0.919 bits per heavy atom. The number of carbonyl (C=O) groups excluding carboxylic acids is 2. The topological polar surface area (TPSA) is 89.7 Å². The van der Waals surface area contributed by atoms with Crippen LogP contribution in [0.5, 0.6) is 0 Å². The molecule has 1 atom stereocenters. The Labute approximate surface area is 220 Å². The SMILES string of the molecule is Cc1cc(C)c(C(=O)[PH](=O)c2ccccc2)c(C)c1.NCCCC(=O)c1ccc(N2CCOCC2)cc1. The van der Waals surface area contributed by atoms with Gasteiger partial charge in [-0.05, 0) is 69.1 Å². The molecule has 1 saturated heterocycles. The van der Waals surface area contributed by atoms with E-state index < -0.39 is 7.80 Å². The van der Waals surface area contributed by atoms with Crippen molar-refractivity contribution in [1.82, 2.24) is 0 Å². The Hall–Kier alpha value is -3.05. The van der Waals surface area contributed by atoms with E-state index >= 15 is 0 Å². The summed E-state index contributed by atoms with van der Waals surface area (Å²) >= 11 is 0. The van der Waals surface area contributed by atoms with Gasteiger partial charge in [-0.15, -0.1) is 0 Å². The first-order valence-corrected chi connectivity index (χ1v) is 14.1. The quantitative estimate of drug-likeness (QED) is 0.329. The van der Waals surface area contributed by atoms with Crippen molar-refractivity contribution in [2.24, 2.45) is 5.73 Å². The second kappa shape index (κ2) is 14.0. The zero-order chi connectivity index (χ0) is 26.8. The minimum Gasteiger partial charge on any atom is -0.378 e. The molecule has 0 radical (unpaired) electrons. The third-order valence-corrected chi connectivity index (χ3v) is 7.84. The summed E-state index contributed by atoms with van der Waals surface area (Å²) in [5.41, 5.74) is 10.6. The van der Waals surface area contributed by atoms with Crippen molar-refractivity contribution >= 4 is 30.1 Å². The third kappa shape index (κ3) is 7.96. The van der Waals surface area contributed by atoms with Crippen LogP contribution in [0, 0.1) is 20.8 Å². The number of hydrogen-bond acceptors (Lipinski definition) is 6. The zero-order valence-electron chi connectivity index (χ0n) is 22.0. The lowest BCUT2D eigenvalue weighted by molar-refractivity contribution is 0.0980. The standard InChI is InChI=1S/C16H17O2P.C14H20N2O2/c1-11-9-12(2)15(13(3)10-11)16(17)19(18)14-7-5-4-6-8-14;15-7-1-2-14(17)12-3-5-13(6-4-12)16-8-10-18-11-9-16/h4-10,19H,1-3H3;3-6H,1-2,7-11,15H2. The number of ketones is 1. The highest BCUT2D eigenvalue weighted by atomic mass is 31.1. The molecule has 2 N–H and O–H groups in total. The Morgan fingerprint density at radius 2 is 1.51 bits per heavy atom. The van der Waals surface area contributed by atoms with Gasteiger partial charge in [0.15, 0.2) is 13.6 Å². The highest BCUT2D eigenvalue weighted by molar-refractivity contribution is 7.71. The molecule has 3 aromatic rings. The fraction of sp³-hybridized carbons (Fsp3) is 0.333.